The largest absolute Gasteiger partial charge is 0.370 e. The molecule has 22 heavy (non-hydrogen) atoms. The molecule has 0 spiro atoms. The molecule has 0 aliphatic carbocycles. The summed E-state index contributed by atoms with van der Waals surface area (Å²) in [5, 5.41) is 8.00. The molecule has 2 atom stereocenters. The van der Waals surface area contributed by atoms with Gasteiger partial charge in [0.05, 0.1) is 17.7 Å². The first kappa shape index (κ1) is 15.2. The average molecular weight is 303 g/mol. The Hall–Kier alpha value is -1.66. The van der Waals surface area contributed by atoms with Crippen molar-refractivity contribution in [3.8, 4) is 0 Å². The number of aryl methyl sites for hydroxylation is 1. The van der Waals surface area contributed by atoms with E-state index in [1.54, 1.807) is 0 Å². The minimum atomic E-state index is 0.0814. The molecule has 120 valence electrons. The average Bonchev–Trinajstić information content (AvgIpc) is 3.23. The monoisotopic (exact) mass is 303 g/mol. The highest BCUT2D eigenvalue weighted by molar-refractivity contribution is 5.10. The van der Waals surface area contributed by atoms with Gasteiger partial charge in [-0.2, -0.15) is 5.10 Å². The summed E-state index contributed by atoms with van der Waals surface area (Å²) in [5.41, 5.74) is 2.37. The molecule has 0 bridgehead atoms. The molecule has 0 saturated carbocycles. The highest BCUT2D eigenvalue weighted by Gasteiger charge is 2.31. The maximum absolute atomic E-state index is 5.95. The summed E-state index contributed by atoms with van der Waals surface area (Å²) >= 11 is 0. The van der Waals surface area contributed by atoms with Crippen molar-refractivity contribution < 1.29 is 4.74 Å². The van der Waals surface area contributed by atoms with Gasteiger partial charge in [-0.25, -0.2) is 4.98 Å². The van der Waals surface area contributed by atoms with Crippen LogP contribution >= 0.6 is 0 Å². The molecule has 3 heterocycles. The number of imidazole rings is 1. The second-order valence-electron chi connectivity index (χ2n) is 6.03. The molecule has 1 fully saturated rings. The summed E-state index contributed by atoms with van der Waals surface area (Å²) in [6.07, 6.45) is 6.80. The quantitative estimate of drug-likeness (QED) is 0.889. The summed E-state index contributed by atoms with van der Waals surface area (Å²) in [7, 11) is 0. The minimum absolute atomic E-state index is 0.0814. The van der Waals surface area contributed by atoms with E-state index in [1.165, 1.54) is 5.69 Å². The fraction of sp³-hybridized carbons (Fsp3) is 0.625. The van der Waals surface area contributed by atoms with Crippen LogP contribution in [0, 0.1) is 0 Å². The Morgan fingerprint density at radius 1 is 1.45 bits per heavy atom. The van der Waals surface area contributed by atoms with Crippen LogP contribution in [-0.2, 0) is 17.8 Å². The molecule has 2 aromatic rings. The molecule has 0 unspecified atom stereocenters. The standard InChI is InChI=1S/C16H25N5O/c1-4-21-15(5-7-19-21)16-14(6-8-22-16)18-10-13-9-17-11-20(13)12(2)3/h5,7,9,11-12,14,16,18H,4,6,8,10H2,1-3H3/t14-,16-/m0/s1. The molecule has 0 aromatic carbocycles. The Morgan fingerprint density at radius 2 is 2.32 bits per heavy atom. The van der Waals surface area contributed by atoms with Gasteiger partial charge in [0.1, 0.15) is 6.10 Å². The molecular weight excluding hydrogens is 278 g/mol. The summed E-state index contributed by atoms with van der Waals surface area (Å²) in [6.45, 7) is 8.92. The zero-order valence-corrected chi connectivity index (χ0v) is 13.6. The lowest BCUT2D eigenvalue weighted by molar-refractivity contribution is 0.0910. The lowest BCUT2D eigenvalue weighted by Crippen LogP contribution is -2.33. The van der Waals surface area contributed by atoms with Crippen molar-refractivity contribution in [2.24, 2.45) is 0 Å². The molecular formula is C16H25N5O. The zero-order chi connectivity index (χ0) is 15.5. The van der Waals surface area contributed by atoms with E-state index in [0.29, 0.717) is 12.1 Å². The van der Waals surface area contributed by atoms with Crippen LogP contribution in [0.3, 0.4) is 0 Å². The van der Waals surface area contributed by atoms with Crippen LogP contribution in [-0.4, -0.2) is 32.0 Å². The first-order valence-corrected chi connectivity index (χ1v) is 8.08. The van der Waals surface area contributed by atoms with Gasteiger partial charge in [-0.3, -0.25) is 4.68 Å². The Labute approximate surface area is 131 Å². The van der Waals surface area contributed by atoms with Crippen molar-refractivity contribution in [1.82, 2.24) is 24.6 Å². The van der Waals surface area contributed by atoms with E-state index in [4.69, 9.17) is 4.74 Å². The zero-order valence-electron chi connectivity index (χ0n) is 13.6. The van der Waals surface area contributed by atoms with Crippen molar-refractivity contribution in [2.45, 2.75) is 58.5 Å². The Kier molecular flexibility index (Phi) is 4.59. The van der Waals surface area contributed by atoms with Crippen molar-refractivity contribution >= 4 is 0 Å². The van der Waals surface area contributed by atoms with Crippen molar-refractivity contribution in [3.05, 3.63) is 36.2 Å². The molecule has 3 rings (SSSR count). The highest BCUT2D eigenvalue weighted by Crippen LogP contribution is 2.29. The van der Waals surface area contributed by atoms with Crippen LogP contribution < -0.4 is 5.32 Å². The summed E-state index contributed by atoms with van der Waals surface area (Å²) < 4.78 is 10.2. The molecule has 1 aliphatic rings. The molecule has 1 N–H and O–H groups in total. The van der Waals surface area contributed by atoms with Crippen molar-refractivity contribution in [3.63, 3.8) is 0 Å². The summed E-state index contributed by atoms with van der Waals surface area (Å²) in [4.78, 5) is 4.26. The lowest BCUT2D eigenvalue weighted by Gasteiger charge is -2.21. The van der Waals surface area contributed by atoms with Crippen molar-refractivity contribution in [2.75, 3.05) is 6.61 Å². The van der Waals surface area contributed by atoms with E-state index in [2.05, 4.69) is 46.8 Å². The van der Waals surface area contributed by atoms with Crippen LogP contribution in [0.5, 0.6) is 0 Å². The third-order valence-corrected chi connectivity index (χ3v) is 4.28. The van der Waals surface area contributed by atoms with Gasteiger partial charge in [-0.05, 0) is 33.3 Å². The van der Waals surface area contributed by atoms with E-state index in [-0.39, 0.29) is 6.10 Å². The van der Waals surface area contributed by atoms with E-state index >= 15 is 0 Å². The van der Waals surface area contributed by atoms with E-state index < -0.39 is 0 Å². The van der Waals surface area contributed by atoms with Gasteiger partial charge >= 0.3 is 0 Å². The number of ether oxygens (including phenoxy) is 1. The van der Waals surface area contributed by atoms with Crippen LogP contribution in [0.4, 0.5) is 0 Å². The van der Waals surface area contributed by atoms with Gasteiger partial charge in [0.2, 0.25) is 0 Å². The minimum Gasteiger partial charge on any atom is -0.370 e. The molecule has 2 aromatic heterocycles. The number of nitrogens with zero attached hydrogens (tertiary/aromatic N) is 4. The maximum Gasteiger partial charge on any atom is 0.114 e. The van der Waals surface area contributed by atoms with Crippen LogP contribution in [0.25, 0.3) is 0 Å². The molecule has 0 amide bonds. The predicted molar refractivity (Wildman–Crippen MR) is 84.5 cm³/mol. The number of aromatic nitrogens is 4. The fourth-order valence-electron chi connectivity index (χ4n) is 3.11. The predicted octanol–water partition coefficient (Wildman–Crippen LogP) is 2.30. The van der Waals surface area contributed by atoms with Gasteiger partial charge in [0.25, 0.3) is 0 Å². The van der Waals surface area contributed by atoms with Gasteiger partial charge in [0.15, 0.2) is 0 Å². The van der Waals surface area contributed by atoms with Crippen molar-refractivity contribution in [1.29, 1.82) is 0 Å². The topological polar surface area (TPSA) is 56.9 Å². The number of hydrogen-bond acceptors (Lipinski definition) is 4. The second-order valence-corrected chi connectivity index (χ2v) is 6.03. The summed E-state index contributed by atoms with van der Waals surface area (Å²) in [5.74, 6) is 0. The fourth-order valence-corrected chi connectivity index (χ4v) is 3.11. The molecule has 6 nitrogen and oxygen atoms in total. The Morgan fingerprint density at radius 3 is 3.09 bits per heavy atom. The number of nitrogens with one attached hydrogen (secondary N) is 1. The first-order chi connectivity index (χ1) is 10.7. The summed E-state index contributed by atoms with van der Waals surface area (Å²) in [6, 6.07) is 2.81. The smallest absolute Gasteiger partial charge is 0.114 e. The van der Waals surface area contributed by atoms with Gasteiger partial charge in [0, 0.05) is 44.2 Å². The number of hydrogen-bond donors (Lipinski definition) is 1. The highest BCUT2D eigenvalue weighted by atomic mass is 16.5. The van der Waals surface area contributed by atoms with Gasteiger partial charge in [-0.15, -0.1) is 0 Å². The number of rotatable bonds is 6. The Balaban J connectivity index is 1.68. The van der Waals surface area contributed by atoms with Gasteiger partial charge in [-0.1, -0.05) is 0 Å². The van der Waals surface area contributed by atoms with Crippen LogP contribution in [0.1, 0.15) is 50.7 Å². The van der Waals surface area contributed by atoms with E-state index in [0.717, 1.165) is 31.8 Å². The molecule has 1 aliphatic heterocycles. The third-order valence-electron chi connectivity index (χ3n) is 4.28. The molecule has 6 heteroatoms. The third kappa shape index (κ3) is 2.94. The Bertz CT molecular complexity index is 603. The second kappa shape index (κ2) is 6.62. The first-order valence-electron chi connectivity index (χ1n) is 8.08. The normalized spacial score (nSPS) is 21.8. The molecule has 0 radical (unpaired) electrons. The van der Waals surface area contributed by atoms with E-state index in [1.807, 2.05) is 23.4 Å². The van der Waals surface area contributed by atoms with Crippen LogP contribution in [0.2, 0.25) is 0 Å². The lowest BCUT2D eigenvalue weighted by atomic mass is 10.1. The van der Waals surface area contributed by atoms with Crippen LogP contribution in [0.15, 0.2) is 24.8 Å². The SMILES string of the molecule is CCn1nccc1[C@H]1OCC[C@@H]1NCc1cncn1C(C)C. The van der Waals surface area contributed by atoms with Gasteiger partial charge < -0.3 is 14.6 Å². The van der Waals surface area contributed by atoms with E-state index in [9.17, 15) is 0 Å². The molecule has 1 saturated heterocycles. The maximum atomic E-state index is 5.95.